The molecule has 0 radical (unpaired) electrons. The standard InChI is InChI=1S/C24H18FN7O/c1-12-27-11-21(32(12)2)14-7-19-22(30-31-24(19)28-10-14)20-9-18-17(3-4-26-23(18)29-20)13-5-15(25)8-16(33)6-13/h3-11,33H,1-2H3,(H,26,29)(H,28,30,31). The smallest absolute Gasteiger partial charge is 0.181 e. The molecule has 6 rings (SSSR count). The van der Waals surface area contributed by atoms with E-state index in [0.29, 0.717) is 16.9 Å². The number of halogens is 1. The van der Waals surface area contributed by atoms with Gasteiger partial charge in [0.2, 0.25) is 0 Å². The number of H-pyrrole nitrogens is 2. The van der Waals surface area contributed by atoms with Gasteiger partial charge in [-0.3, -0.25) is 5.10 Å². The molecule has 6 aromatic rings. The lowest BCUT2D eigenvalue weighted by atomic mass is 10.0. The van der Waals surface area contributed by atoms with Gasteiger partial charge in [0.25, 0.3) is 0 Å². The Balaban J connectivity index is 1.52. The molecule has 0 saturated carbocycles. The number of aromatic nitrogens is 7. The van der Waals surface area contributed by atoms with Crippen LogP contribution < -0.4 is 0 Å². The van der Waals surface area contributed by atoms with Crippen molar-refractivity contribution in [1.29, 1.82) is 0 Å². The van der Waals surface area contributed by atoms with Crippen molar-refractivity contribution >= 4 is 22.1 Å². The van der Waals surface area contributed by atoms with E-state index in [0.717, 1.165) is 50.9 Å². The minimum absolute atomic E-state index is 0.130. The van der Waals surface area contributed by atoms with E-state index in [9.17, 15) is 9.50 Å². The number of nitrogens with zero attached hydrogens (tertiary/aromatic N) is 5. The second-order valence-corrected chi connectivity index (χ2v) is 7.95. The number of hydrogen-bond acceptors (Lipinski definition) is 5. The molecule has 0 amide bonds. The first kappa shape index (κ1) is 19.2. The molecule has 0 spiro atoms. The van der Waals surface area contributed by atoms with E-state index < -0.39 is 5.82 Å². The van der Waals surface area contributed by atoms with E-state index in [-0.39, 0.29) is 5.75 Å². The van der Waals surface area contributed by atoms with Gasteiger partial charge in [0, 0.05) is 41.8 Å². The Labute approximate surface area is 186 Å². The largest absolute Gasteiger partial charge is 0.508 e. The van der Waals surface area contributed by atoms with Crippen LogP contribution in [0.15, 0.2) is 55.0 Å². The van der Waals surface area contributed by atoms with Gasteiger partial charge in [-0.2, -0.15) is 5.10 Å². The SMILES string of the molecule is Cc1ncc(-c2cnc3n[nH]c(-c4cc5c(-c6cc(O)cc(F)c6)ccnc5[nH]4)c3c2)n1C. The van der Waals surface area contributed by atoms with Crippen molar-refractivity contribution in [3.8, 4) is 39.5 Å². The lowest BCUT2D eigenvalue weighted by Gasteiger charge is -2.04. The molecule has 0 bridgehead atoms. The third kappa shape index (κ3) is 3.05. The summed E-state index contributed by atoms with van der Waals surface area (Å²) in [6.45, 7) is 1.95. The number of rotatable bonds is 3. The van der Waals surface area contributed by atoms with E-state index in [1.54, 1.807) is 18.5 Å². The molecule has 3 N–H and O–H groups in total. The van der Waals surface area contributed by atoms with Gasteiger partial charge >= 0.3 is 0 Å². The summed E-state index contributed by atoms with van der Waals surface area (Å²) in [6, 6.07) is 9.76. The van der Waals surface area contributed by atoms with Crippen LogP contribution in [0.25, 0.3) is 55.8 Å². The molecular formula is C24H18FN7O. The van der Waals surface area contributed by atoms with Gasteiger partial charge in [0.15, 0.2) is 5.65 Å². The summed E-state index contributed by atoms with van der Waals surface area (Å²) in [5.41, 5.74) is 5.98. The fraction of sp³-hybridized carbons (Fsp3) is 0.0833. The molecule has 0 saturated heterocycles. The summed E-state index contributed by atoms with van der Waals surface area (Å²) in [5.74, 6) is 0.277. The van der Waals surface area contributed by atoms with Crippen LogP contribution in [0.3, 0.4) is 0 Å². The lowest BCUT2D eigenvalue weighted by molar-refractivity contribution is 0.469. The maximum atomic E-state index is 13.9. The van der Waals surface area contributed by atoms with E-state index in [1.165, 1.54) is 12.1 Å². The van der Waals surface area contributed by atoms with Crippen LogP contribution in [-0.4, -0.2) is 39.8 Å². The van der Waals surface area contributed by atoms with Gasteiger partial charge < -0.3 is 14.7 Å². The molecule has 0 atom stereocenters. The van der Waals surface area contributed by atoms with E-state index in [4.69, 9.17) is 0 Å². The van der Waals surface area contributed by atoms with Gasteiger partial charge in [0.05, 0.1) is 23.3 Å². The number of nitrogens with one attached hydrogen (secondary N) is 2. The van der Waals surface area contributed by atoms with Gasteiger partial charge in [-0.25, -0.2) is 19.3 Å². The summed E-state index contributed by atoms with van der Waals surface area (Å²) < 4.78 is 15.9. The number of aromatic hydroxyl groups is 1. The van der Waals surface area contributed by atoms with Crippen molar-refractivity contribution in [3.63, 3.8) is 0 Å². The summed E-state index contributed by atoms with van der Waals surface area (Å²) in [6.07, 6.45) is 5.26. The summed E-state index contributed by atoms with van der Waals surface area (Å²) >= 11 is 0. The van der Waals surface area contributed by atoms with Crippen LogP contribution in [0, 0.1) is 12.7 Å². The molecule has 0 fully saturated rings. The van der Waals surface area contributed by atoms with Crippen molar-refractivity contribution in [2.45, 2.75) is 6.92 Å². The normalized spacial score (nSPS) is 11.6. The first-order valence-corrected chi connectivity index (χ1v) is 10.3. The zero-order valence-electron chi connectivity index (χ0n) is 17.8. The maximum Gasteiger partial charge on any atom is 0.181 e. The second kappa shape index (κ2) is 6.99. The molecule has 8 nitrogen and oxygen atoms in total. The predicted molar refractivity (Wildman–Crippen MR) is 123 cm³/mol. The van der Waals surface area contributed by atoms with Crippen molar-refractivity contribution in [3.05, 3.63) is 66.6 Å². The Morgan fingerprint density at radius 3 is 2.64 bits per heavy atom. The molecule has 33 heavy (non-hydrogen) atoms. The minimum Gasteiger partial charge on any atom is -0.508 e. The number of hydrogen-bond donors (Lipinski definition) is 3. The highest BCUT2D eigenvalue weighted by atomic mass is 19.1. The number of aryl methyl sites for hydroxylation is 1. The van der Waals surface area contributed by atoms with Crippen molar-refractivity contribution < 1.29 is 9.50 Å². The molecule has 0 aliphatic heterocycles. The fourth-order valence-electron chi connectivity index (χ4n) is 4.16. The molecule has 162 valence electrons. The quantitative estimate of drug-likeness (QED) is 0.370. The third-order valence-electron chi connectivity index (χ3n) is 5.92. The number of benzene rings is 1. The highest BCUT2D eigenvalue weighted by Crippen LogP contribution is 2.35. The van der Waals surface area contributed by atoms with Gasteiger partial charge in [-0.15, -0.1) is 0 Å². The molecule has 0 aliphatic carbocycles. The summed E-state index contributed by atoms with van der Waals surface area (Å²) in [5, 5.41) is 18.9. The van der Waals surface area contributed by atoms with Gasteiger partial charge in [-0.1, -0.05) is 0 Å². The number of pyridine rings is 2. The molecule has 1 aromatic carbocycles. The Bertz CT molecular complexity index is 1660. The van der Waals surface area contributed by atoms with E-state index in [1.807, 2.05) is 36.9 Å². The average Bonchev–Trinajstić information content (AvgIpc) is 3.49. The highest BCUT2D eigenvalue weighted by molar-refractivity contribution is 5.99. The zero-order chi connectivity index (χ0) is 22.7. The van der Waals surface area contributed by atoms with Crippen molar-refractivity contribution in [1.82, 2.24) is 34.7 Å². The van der Waals surface area contributed by atoms with E-state index in [2.05, 4.69) is 30.1 Å². The average molecular weight is 439 g/mol. The number of phenolic OH excluding ortho intramolecular Hbond substituents is 1. The van der Waals surface area contributed by atoms with Crippen LogP contribution in [0.2, 0.25) is 0 Å². The predicted octanol–water partition coefficient (Wildman–Crippen LogP) is 4.72. The zero-order valence-corrected chi connectivity index (χ0v) is 17.8. The van der Waals surface area contributed by atoms with Crippen LogP contribution in [0.5, 0.6) is 5.75 Å². The maximum absolute atomic E-state index is 13.9. The molecule has 5 aromatic heterocycles. The fourth-order valence-corrected chi connectivity index (χ4v) is 4.16. The molecule has 5 heterocycles. The van der Waals surface area contributed by atoms with Gasteiger partial charge in [0.1, 0.15) is 23.0 Å². The third-order valence-corrected chi connectivity index (χ3v) is 5.92. The van der Waals surface area contributed by atoms with Crippen LogP contribution in [0.1, 0.15) is 5.82 Å². The Morgan fingerprint density at radius 2 is 1.85 bits per heavy atom. The number of phenols is 1. The topological polar surface area (TPSA) is 108 Å². The molecule has 0 aliphatic rings. The Hall–Kier alpha value is -4.53. The van der Waals surface area contributed by atoms with Crippen LogP contribution in [-0.2, 0) is 7.05 Å². The monoisotopic (exact) mass is 439 g/mol. The summed E-state index contributed by atoms with van der Waals surface area (Å²) in [7, 11) is 1.97. The Kier molecular flexibility index (Phi) is 4.06. The first-order chi connectivity index (χ1) is 16.0. The first-order valence-electron chi connectivity index (χ1n) is 10.3. The lowest BCUT2D eigenvalue weighted by Crippen LogP contribution is -1.94. The van der Waals surface area contributed by atoms with E-state index >= 15 is 0 Å². The minimum atomic E-state index is -0.505. The van der Waals surface area contributed by atoms with Crippen molar-refractivity contribution in [2.24, 2.45) is 7.05 Å². The van der Waals surface area contributed by atoms with Crippen LogP contribution >= 0.6 is 0 Å². The van der Waals surface area contributed by atoms with Crippen LogP contribution in [0.4, 0.5) is 4.39 Å². The summed E-state index contributed by atoms with van der Waals surface area (Å²) in [4.78, 5) is 16.6. The number of fused-ring (bicyclic) bond motifs is 2. The van der Waals surface area contributed by atoms with Gasteiger partial charge in [-0.05, 0) is 48.4 Å². The number of aromatic amines is 2. The van der Waals surface area contributed by atoms with Crippen molar-refractivity contribution in [2.75, 3.05) is 0 Å². The number of imidazole rings is 1. The second-order valence-electron chi connectivity index (χ2n) is 7.95. The molecular weight excluding hydrogens is 421 g/mol. The molecule has 0 unspecified atom stereocenters. The highest BCUT2D eigenvalue weighted by Gasteiger charge is 2.16. The Morgan fingerprint density at radius 1 is 0.970 bits per heavy atom. The molecule has 9 heteroatoms.